The molecule has 5 heteroatoms. The van der Waals surface area contributed by atoms with E-state index in [-0.39, 0.29) is 19.5 Å². The van der Waals surface area contributed by atoms with Crippen LogP contribution in [-0.4, -0.2) is 13.3 Å². The summed E-state index contributed by atoms with van der Waals surface area (Å²) < 4.78 is 25.3. The summed E-state index contributed by atoms with van der Waals surface area (Å²) in [5.74, 6) is 0. The van der Waals surface area contributed by atoms with Gasteiger partial charge in [0, 0.05) is 0 Å². The Bertz CT molecular complexity index is 29.9. The molecule has 0 atom stereocenters. The SMILES string of the molecule is O=S([O-])[O-].[Zn+2]. The third-order valence-corrected chi connectivity index (χ3v) is 0. The van der Waals surface area contributed by atoms with Crippen LogP contribution in [0, 0.1) is 0 Å². The molecule has 5 heavy (non-hydrogen) atoms. The van der Waals surface area contributed by atoms with Gasteiger partial charge in [-0.3, -0.25) is 4.21 Å². The van der Waals surface area contributed by atoms with Crippen molar-refractivity contribution in [2.24, 2.45) is 0 Å². The summed E-state index contributed by atoms with van der Waals surface area (Å²) in [7, 11) is 0. The monoisotopic (exact) mass is 144 g/mol. The van der Waals surface area contributed by atoms with Crippen LogP contribution in [0.15, 0.2) is 0 Å². The maximum atomic E-state index is 8.44. The Hall–Kier alpha value is 0.693. The Labute approximate surface area is 44.6 Å². The predicted octanol–water partition coefficient (Wildman–Crippen LogP) is -1.01. The first-order valence-corrected chi connectivity index (χ1v) is 1.50. The van der Waals surface area contributed by atoms with Gasteiger partial charge in [-0.05, 0) is 0 Å². The average molecular weight is 145 g/mol. The topological polar surface area (TPSA) is 63.2 Å². The van der Waals surface area contributed by atoms with Gasteiger partial charge in [-0.25, -0.2) is 0 Å². The van der Waals surface area contributed by atoms with Crippen LogP contribution in [0.25, 0.3) is 0 Å². The van der Waals surface area contributed by atoms with E-state index in [4.69, 9.17) is 13.3 Å². The van der Waals surface area contributed by atoms with Crippen molar-refractivity contribution in [1.29, 1.82) is 0 Å². The van der Waals surface area contributed by atoms with Gasteiger partial charge in [0.15, 0.2) is 0 Å². The molecule has 0 radical (unpaired) electrons. The molecule has 0 aliphatic carbocycles. The molecule has 0 aromatic carbocycles. The molecule has 0 amide bonds. The zero-order chi connectivity index (χ0) is 3.58. The van der Waals surface area contributed by atoms with Crippen LogP contribution in [0.1, 0.15) is 0 Å². The molecule has 0 spiro atoms. The van der Waals surface area contributed by atoms with E-state index in [9.17, 15) is 0 Å². The summed E-state index contributed by atoms with van der Waals surface area (Å²) >= 11 is -3.11. The van der Waals surface area contributed by atoms with E-state index in [1.165, 1.54) is 0 Å². The molecule has 0 aromatic rings. The molecule has 0 heterocycles. The van der Waals surface area contributed by atoms with Gasteiger partial charge < -0.3 is 9.11 Å². The molecule has 0 N–H and O–H groups in total. The molecule has 3 nitrogen and oxygen atoms in total. The van der Waals surface area contributed by atoms with Crippen molar-refractivity contribution >= 4 is 11.4 Å². The molecule has 0 rings (SSSR count). The summed E-state index contributed by atoms with van der Waals surface area (Å²) in [6.07, 6.45) is 0. The maximum Gasteiger partial charge on any atom is 2.00 e. The van der Waals surface area contributed by atoms with Crippen molar-refractivity contribution < 1.29 is 32.8 Å². The fourth-order valence-electron chi connectivity index (χ4n) is 0. The first kappa shape index (κ1) is 9.19. The Morgan fingerprint density at radius 2 is 1.40 bits per heavy atom. The van der Waals surface area contributed by atoms with Gasteiger partial charge in [0.1, 0.15) is 0 Å². The third-order valence-electron chi connectivity index (χ3n) is 0. The van der Waals surface area contributed by atoms with Gasteiger partial charge in [0.2, 0.25) is 0 Å². The zero-order valence-electron chi connectivity index (χ0n) is 2.34. The van der Waals surface area contributed by atoms with Gasteiger partial charge >= 0.3 is 19.5 Å². The summed E-state index contributed by atoms with van der Waals surface area (Å²) in [5, 5.41) is 0. The summed E-state index contributed by atoms with van der Waals surface area (Å²) in [6.45, 7) is 0. The molecule has 0 unspecified atom stereocenters. The Morgan fingerprint density at radius 1 is 1.40 bits per heavy atom. The van der Waals surface area contributed by atoms with Gasteiger partial charge in [-0.15, -0.1) is 11.4 Å². The minimum absolute atomic E-state index is 0. The quantitative estimate of drug-likeness (QED) is 0.324. The number of hydrogen-bond donors (Lipinski definition) is 0. The predicted molar refractivity (Wildman–Crippen MR) is 9.70 cm³/mol. The van der Waals surface area contributed by atoms with E-state index < -0.39 is 11.4 Å². The van der Waals surface area contributed by atoms with Crippen molar-refractivity contribution in [2.45, 2.75) is 0 Å². The van der Waals surface area contributed by atoms with Crippen molar-refractivity contribution in [3.8, 4) is 0 Å². The van der Waals surface area contributed by atoms with Gasteiger partial charge in [0.25, 0.3) is 0 Å². The molecule has 0 fully saturated rings. The first-order chi connectivity index (χ1) is 1.73. The summed E-state index contributed by atoms with van der Waals surface area (Å²) in [6, 6.07) is 0. The van der Waals surface area contributed by atoms with Gasteiger partial charge in [-0.2, -0.15) is 0 Å². The van der Waals surface area contributed by atoms with Crippen LogP contribution in [0.4, 0.5) is 0 Å². The Morgan fingerprint density at radius 3 is 1.40 bits per heavy atom. The molecular formula is O3SZn. The Kier molecular flexibility index (Phi) is 8.63. The normalized spacial score (nSPS) is 7.00. The zero-order valence-corrected chi connectivity index (χ0v) is 6.12. The molecule has 26 valence electrons. The van der Waals surface area contributed by atoms with E-state index in [2.05, 4.69) is 0 Å². The second-order valence-corrected chi connectivity index (χ2v) is 0.612. The minimum atomic E-state index is -3.11. The van der Waals surface area contributed by atoms with E-state index >= 15 is 0 Å². The smallest absolute Gasteiger partial charge is 0.784 e. The van der Waals surface area contributed by atoms with E-state index in [0.717, 1.165) is 0 Å². The standard InChI is InChI=1S/H2O3S.Zn/c1-4(2)3;/h(H2,1,2,3);/q;+2/p-2. The van der Waals surface area contributed by atoms with Crippen LogP contribution < -0.4 is 0 Å². The first-order valence-electron chi connectivity index (χ1n) is 0.500. The average Bonchev–Trinajstić information content (AvgIpc) is 0.811. The fourth-order valence-corrected chi connectivity index (χ4v) is 0. The molecule has 0 saturated carbocycles. The second kappa shape index (κ2) is 4.69. The molecule has 0 aliphatic rings. The van der Waals surface area contributed by atoms with Gasteiger partial charge in [-0.1, -0.05) is 0 Å². The van der Waals surface area contributed by atoms with Gasteiger partial charge in [0.05, 0.1) is 0 Å². The molecule has 0 aliphatic heterocycles. The van der Waals surface area contributed by atoms with Crippen LogP contribution in [-0.2, 0) is 30.8 Å². The van der Waals surface area contributed by atoms with Crippen LogP contribution in [0.3, 0.4) is 0 Å². The number of hydrogen-bond acceptors (Lipinski definition) is 3. The van der Waals surface area contributed by atoms with E-state index in [1.807, 2.05) is 0 Å². The van der Waals surface area contributed by atoms with Crippen LogP contribution in [0.5, 0.6) is 0 Å². The van der Waals surface area contributed by atoms with Crippen molar-refractivity contribution in [1.82, 2.24) is 0 Å². The molecular weight excluding hydrogens is 145 g/mol. The molecule has 0 bridgehead atoms. The van der Waals surface area contributed by atoms with Crippen LogP contribution >= 0.6 is 0 Å². The van der Waals surface area contributed by atoms with E-state index in [0.29, 0.717) is 0 Å². The Balaban J connectivity index is 0. The molecule has 0 saturated heterocycles. The fraction of sp³-hybridized carbons (Fsp3) is 0. The van der Waals surface area contributed by atoms with Crippen molar-refractivity contribution in [3.05, 3.63) is 0 Å². The summed E-state index contributed by atoms with van der Waals surface area (Å²) in [5.41, 5.74) is 0. The van der Waals surface area contributed by atoms with Crippen molar-refractivity contribution in [2.75, 3.05) is 0 Å². The second-order valence-electron chi connectivity index (χ2n) is 0.204. The number of rotatable bonds is 0. The largest absolute Gasteiger partial charge is 2.00 e. The van der Waals surface area contributed by atoms with E-state index in [1.54, 1.807) is 0 Å². The maximum absolute atomic E-state index is 8.44. The van der Waals surface area contributed by atoms with Crippen molar-refractivity contribution in [3.63, 3.8) is 0 Å². The molecule has 0 aromatic heterocycles. The minimum Gasteiger partial charge on any atom is -0.784 e. The summed E-state index contributed by atoms with van der Waals surface area (Å²) in [4.78, 5) is 0. The third kappa shape index (κ3) is 70.8. The van der Waals surface area contributed by atoms with Crippen LogP contribution in [0.2, 0.25) is 0 Å².